The Morgan fingerprint density at radius 3 is 2.33 bits per heavy atom. The lowest BCUT2D eigenvalue weighted by Gasteiger charge is -2.64. The zero-order chi connectivity index (χ0) is 19.1. The van der Waals surface area contributed by atoms with Crippen molar-refractivity contribution in [1.82, 2.24) is 0 Å². The Hall–Kier alpha value is -0.370. The summed E-state index contributed by atoms with van der Waals surface area (Å²) in [7, 11) is 0. The van der Waals surface area contributed by atoms with Crippen molar-refractivity contribution in [1.29, 1.82) is 0 Å². The van der Waals surface area contributed by atoms with Gasteiger partial charge >= 0.3 is 0 Å². The van der Waals surface area contributed by atoms with Gasteiger partial charge in [-0.15, -0.1) is 0 Å². The fourth-order valence-electron chi connectivity index (χ4n) is 10.2. The Labute approximate surface area is 165 Å². The maximum Gasteiger partial charge on any atom is 0.126 e. The number of hydrogen-bond acceptors (Lipinski definition) is 2. The number of fused-ring (bicyclic) bond motifs is 4. The number of carbonyl (C=O) groups excluding carboxylic acids is 1. The molecule has 5 fully saturated rings. The van der Waals surface area contributed by atoms with E-state index < -0.39 is 0 Å². The summed E-state index contributed by atoms with van der Waals surface area (Å²) in [5.74, 6) is 2.95. The van der Waals surface area contributed by atoms with Gasteiger partial charge in [0.15, 0.2) is 0 Å². The molecule has 2 nitrogen and oxygen atoms in total. The van der Waals surface area contributed by atoms with E-state index in [0.717, 1.165) is 31.1 Å². The fraction of sp³-hybridized carbons (Fsp3) is 0.960. The minimum absolute atomic E-state index is 0.0306. The van der Waals surface area contributed by atoms with E-state index in [4.69, 9.17) is 0 Å². The number of aliphatic hydroxyl groups excluding tert-OH is 1. The molecule has 0 amide bonds. The van der Waals surface area contributed by atoms with Gasteiger partial charge in [0.2, 0.25) is 0 Å². The maximum atomic E-state index is 12.2. The first-order chi connectivity index (χ1) is 12.8. The van der Waals surface area contributed by atoms with E-state index >= 15 is 0 Å². The summed E-state index contributed by atoms with van der Waals surface area (Å²) in [6.45, 7) is 7.28. The van der Waals surface area contributed by atoms with Gasteiger partial charge in [-0.25, -0.2) is 0 Å². The molecule has 0 bridgehead atoms. The lowest BCUT2D eigenvalue weighted by atomic mass is 9.41. The van der Waals surface area contributed by atoms with Crippen molar-refractivity contribution >= 4 is 6.29 Å². The van der Waals surface area contributed by atoms with Gasteiger partial charge in [0.05, 0.1) is 6.10 Å². The van der Waals surface area contributed by atoms with Crippen molar-refractivity contribution < 1.29 is 9.90 Å². The molecule has 0 radical (unpaired) electrons. The Kier molecular flexibility index (Phi) is 4.03. The van der Waals surface area contributed by atoms with Crippen LogP contribution >= 0.6 is 0 Å². The SMILES string of the molecule is CC1(C)C(O)CCC2(C)C1CCC13CCCC4(C=O)CCCC4C1CCC23. The molecule has 5 rings (SSSR count). The van der Waals surface area contributed by atoms with Gasteiger partial charge in [-0.2, -0.15) is 0 Å². The van der Waals surface area contributed by atoms with Gasteiger partial charge in [0.25, 0.3) is 0 Å². The summed E-state index contributed by atoms with van der Waals surface area (Å²) in [6.07, 6.45) is 16.5. The van der Waals surface area contributed by atoms with Crippen molar-refractivity contribution in [3.05, 3.63) is 0 Å². The van der Waals surface area contributed by atoms with Crippen LogP contribution in [0.25, 0.3) is 0 Å². The van der Waals surface area contributed by atoms with Gasteiger partial charge in [-0.05, 0) is 104 Å². The second-order valence-corrected chi connectivity index (χ2v) is 12.1. The summed E-state index contributed by atoms with van der Waals surface area (Å²) in [5, 5.41) is 10.8. The summed E-state index contributed by atoms with van der Waals surface area (Å²) in [6, 6.07) is 0. The van der Waals surface area contributed by atoms with Crippen molar-refractivity contribution in [3.63, 3.8) is 0 Å². The predicted octanol–water partition coefficient (Wildman–Crippen LogP) is 5.77. The highest BCUT2D eigenvalue weighted by Crippen LogP contribution is 2.74. The predicted molar refractivity (Wildman–Crippen MR) is 108 cm³/mol. The lowest BCUT2D eigenvalue weighted by Crippen LogP contribution is -2.59. The normalized spacial score (nSPS) is 56.4. The zero-order valence-corrected chi connectivity index (χ0v) is 17.8. The molecular formula is C25H40O2. The molecule has 27 heavy (non-hydrogen) atoms. The Bertz CT molecular complexity index is 626. The molecule has 5 aliphatic carbocycles. The summed E-state index contributed by atoms with van der Waals surface area (Å²) in [5.41, 5.74) is 0.978. The molecule has 5 aliphatic rings. The number of aldehydes is 1. The number of carbonyl (C=O) groups is 1. The van der Waals surface area contributed by atoms with Gasteiger partial charge in [0.1, 0.15) is 6.29 Å². The molecule has 0 aromatic heterocycles. The quantitative estimate of drug-likeness (QED) is 0.594. The minimum Gasteiger partial charge on any atom is -0.393 e. The van der Waals surface area contributed by atoms with E-state index in [-0.39, 0.29) is 16.9 Å². The molecule has 2 heteroatoms. The third-order valence-electron chi connectivity index (χ3n) is 11.3. The minimum atomic E-state index is -0.131. The molecule has 0 aromatic carbocycles. The second kappa shape index (κ2) is 5.83. The van der Waals surface area contributed by atoms with E-state index in [0.29, 0.717) is 22.7 Å². The lowest BCUT2D eigenvalue weighted by molar-refractivity contribution is -0.176. The Morgan fingerprint density at radius 2 is 1.56 bits per heavy atom. The Morgan fingerprint density at radius 1 is 0.778 bits per heavy atom. The average molecular weight is 373 g/mol. The summed E-state index contributed by atoms with van der Waals surface area (Å²) < 4.78 is 0. The van der Waals surface area contributed by atoms with Crippen molar-refractivity contribution in [3.8, 4) is 0 Å². The molecule has 1 spiro atoms. The smallest absolute Gasteiger partial charge is 0.126 e. The Balaban J connectivity index is 1.55. The monoisotopic (exact) mass is 372 g/mol. The van der Waals surface area contributed by atoms with E-state index in [1.165, 1.54) is 64.1 Å². The van der Waals surface area contributed by atoms with Crippen LogP contribution in [0.4, 0.5) is 0 Å². The standard InChI is InChI=1S/C25H40O2/c1-22(2)19-9-15-25-13-5-12-24(16-26)11-4-6-17(24)18(25)7-8-20(25)23(19,3)14-10-21(22)27/h16-21,27H,4-15H2,1-3H3. The molecule has 0 heterocycles. The molecule has 0 saturated heterocycles. The van der Waals surface area contributed by atoms with Crippen LogP contribution in [0.5, 0.6) is 0 Å². The fourth-order valence-corrected chi connectivity index (χ4v) is 10.2. The van der Waals surface area contributed by atoms with Gasteiger partial charge in [0, 0.05) is 5.41 Å². The van der Waals surface area contributed by atoms with Crippen LogP contribution < -0.4 is 0 Å². The molecule has 8 unspecified atom stereocenters. The van der Waals surface area contributed by atoms with Crippen molar-refractivity contribution in [2.75, 3.05) is 0 Å². The third kappa shape index (κ3) is 2.20. The van der Waals surface area contributed by atoms with Crippen LogP contribution in [0, 0.1) is 45.3 Å². The van der Waals surface area contributed by atoms with Gasteiger partial charge in [-0.3, -0.25) is 0 Å². The van der Waals surface area contributed by atoms with Crippen molar-refractivity contribution in [2.24, 2.45) is 45.3 Å². The van der Waals surface area contributed by atoms with Gasteiger partial charge < -0.3 is 9.90 Å². The van der Waals surface area contributed by atoms with E-state index in [2.05, 4.69) is 20.8 Å². The largest absolute Gasteiger partial charge is 0.393 e. The first-order valence-corrected chi connectivity index (χ1v) is 11.9. The van der Waals surface area contributed by atoms with Crippen LogP contribution in [0.2, 0.25) is 0 Å². The number of rotatable bonds is 1. The molecule has 152 valence electrons. The number of hydrogen-bond donors (Lipinski definition) is 1. The first-order valence-electron chi connectivity index (χ1n) is 11.9. The summed E-state index contributed by atoms with van der Waals surface area (Å²) in [4.78, 5) is 12.2. The zero-order valence-electron chi connectivity index (χ0n) is 17.8. The van der Waals surface area contributed by atoms with Crippen LogP contribution in [-0.4, -0.2) is 17.5 Å². The van der Waals surface area contributed by atoms with E-state index in [1.54, 1.807) is 0 Å². The second-order valence-electron chi connectivity index (χ2n) is 12.1. The highest BCUT2D eigenvalue weighted by molar-refractivity contribution is 5.61. The molecule has 1 N–H and O–H groups in total. The first kappa shape index (κ1) is 18.6. The van der Waals surface area contributed by atoms with Crippen LogP contribution in [0.3, 0.4) is 0 Å². The molecule has 5 saturated carbocycles. The third-order valence-corrected chi connectivity index (χ3v) is 11.3. The average Bonchev–Trinajstić information content (AvgIpc) is 3.19. The molecule has 0 aromatic rings. The van der Waals surface area contributed by atoms with Crippen LogP contribution in [0.1, 0.15) is 97.8 Å². The highest BCUT2D eigenvalue weighted by atomic mass is 16.3. The number of aliphatic hydroxyl groups is 1. The van der Waals surface area contributed by atoms with Crippen LogP contribution in [-0.2, 0) is 4.79 Å². The molecular weight excluding hydrogens is 332 g/mol. The van der Waals surface area contributed by atoms with Crippen LogP contribution in [0.15, 0.2) is 0 Å². The molecule has 0 aliphatic heterocycles. The van der Waals surface area contributed by atoms with E-state index in [1.807, 2.05) is 0 Å². The topological polar surface area (TPSA) is 37.3 Å². The van der Waals surface area contributed by atoms with E-state index in [9.17, 15) is 9.90 Å². The van der Waals surface area contributed by atoms with Crippen molar-refractivity contribution in [2.45, 2.75) is 104 Å². The summed E-state index contributed by atoms with van der Waals surface area (Å²) >= 11 is 0. The molecule has 8 atom stereocenters. The highest BCUT2D eigenvalue weighted by Gasteiger charge is 2.67. The van der Waals surface area contributed by atoms with Gasteiger partial charge in [-0.1, -0.05) is 33.6 Å². The maximum absolute atomic E-state index is 12.2.